The van der Waals surface area contributed by atoms with Crippen molar-refractivity contribution in [3.8, 4) is 11.5 Å². The van der Waals surface area contributed by atoms with Crippen molar-refractivity contribution >= 4 is 45.5 Å². The Kier molecular flexibility index (Phi) is 5.69. The normalized spacial score (nSPS) is 16.3. The molecule has 0 saturated carbocycles. The second-order valence-corrected chi connectivity index (χ2v) is 9.15. The summed E-state index contributed by atoms with van der Waals surface area (Å²) in [5.41, 5.74) is 4.31. The fourth-order valence-electron chi connectivity index (χ4n) is 4.97. The maximum absolute atomic E-state index is 13.2. The first-order valence-electron chi connectivity index (χ1n) is 11.4. The molecule has 0 spiro atoms. The van der Waals surface area contributed by atoms with Crippen LogP contribution in [0.25, 0.3) is 33.5 Å². The van der Waals surface area contributed by atoms with Gasteiger partial charge < -0.3 is 24.5 Å². The molecule has 8 nitrogen and oxygen atoms in total. The molecule has 176 valence electrons. The van der Waals surface area contributed by atoms with Crippen LogP contribution in [0, 0.1) is 0 Å². The van der Waals surface area contributed by atoms with E-state index in [-0.39, 0.29) is 11.9 Å². The number of hydrogen-bond donors (Lipinski definition) is 2. The molecule has 2 aromatic carbocycles. The minimum Gasteiger partial charge on any atom is -0.465 e. The summed E-state index contributed by atoms with van der Waals surface area (Å²) in [5, 5.41) is 13.3. The van der Waals surface area contributed by atoms with E-state index in [9.17, 15) is 9.59 Å². The SMILES string of the molecule is CCn1c(-c2nc3cc(C(=O)N4CCC[C@@H](NC(=O)O)C4)ccc3n2C)cc2cc(Cl)ccc21. The van der Waals surface area contributed by atoms with Gasteiger partial charge in [0.15, 0.2) is 5.82 Å². The number of halogens is 1. The van der Waals surface area contributed by atoms with Gasteiger partial charge in [0.05, 0.1) is 16.7 Å². The van der Waals surface area contributed by atoms with E-state index in [1.807, 2.05) is 48.0 Å². The van der Waals surface area contributed by atoms with Crippen LogP contribution in [0.3, 0.4) is 0 Å². The fourth-order valence-corrected chi connectivity index (χ4v) is 5.15. The van der Waals surface area contributed by atoms with Gasteiger partial charge in [-0.25, -0.2) is 9.78 Å². The van der Waals surface area contributed by atoms with Crippen LogP contribution in [0.1, 0.15) is 30.1 Å². The number of amides is 2. The standard InChI is InChI=1S/C25H26ClN5O3/c1-3-31-20-9-7-17(26)11-16(20)13-22(31)23-28-19-12-15(6-8-21(19)29(23)2)24(32)30-10-4-5-18(14-30)27-25(33)34/h6-9,11-13,18,27H,3-5,10,14H2,1-2H3,(H,33,34)/t18-/m1/s1. The minimum atomic E-state index is -1.06. The molecule has 0 unspecified atom stereocenters. The van der Waals surface area contributed by atoms with Gasteiger partial charge in [-0.15, -0.1) is 0 Å². The predicted molar refractivity (Wildman–Crippen MR) is 132 cm³/mol. The van der Waals surface area contributed by atoms with Gasteiger partial charge in [-0.2, -0.15) is 0 Å². The second kappa shape index (κ2) is 8.68. The lowest BCUT2D eigenvalue weighted by Gasteiger charge is -2.32. The molecule has 2 amide bonds. The number of benzene rings is 2. The van der Waals surface area contributed by atoms with Gasteiger partial charge in [-0.1, -0.05) is 11.6 Å². The molecule has 1 saturated heterocycles. The molecule has 4 aromatic rings. The van der Waals surface area contributed by atoms with Gasteiger partial charge in [0.2, 0.25) is 0 Å². The molecule has 5 rings (SSSR count). The van der Waals surface area contributed by atoms with Crippen LogP contribution in [0.5, 0.6) is 0 Å². The summed E-state index contributed by atoms with van der Waals surface area (Å²) in [6.07, 6.45) is 0.432. The van der Waals surface area contributed by atoms with Crippen molar-refractivity contribution in [2.75, 3.05) is 13.1 Å². The summed E-state index contributed by atoms with van der Waals surface area (Å²) in [7, 11) is 1.98. The minimum absolute atomic E-state index is 0.108. The second-order valence-electron chi connectivity index (χ2n) is 8.71. The van der Waals surface area contributed by atoms with Crippen LogP contribution in [0.4, 0.5) is 4.79 Å². The van der Waals surface area contributed by atoms with Crippen LogP contribution in [0.2, 0.25) is 5.02 Å². The average Bonchev–Trinajstić information content (AvgIpc) is 3.34. The Morgan fingerprint density at radius 2 is 1.97 bits per heavy atom. The lowest BCUT2D eigenvalue weighted by molar-refractivity contribution is 0.0692. The molecule has 34 heavy (non-hydrogen) atoms. The number of carbonyl (C=O) groups is 2. The zero-order valence-electron chi connectivity index (χ0n) is 19.1. The van der Waals surface area contributed by atoms with Crippen molar-refractivity contribution in [2.24, 2.45) is 7.05 Å². The summed E-state index contributed by atoms with van der Waals surface area (Å²) in [5.74, 6) is 0.709. The number of rotatable bonds is 4. The van der Waals surface area contributed by atoms with E-state index in [4.69, 9.17) is 21.7 Å². The van der Waals surface area contributed by atoms with Crippen molar-refractivity contribution in [3.63, 3.8) is 0 Å². The summed E-state index contributed by atoms with van der Waals surface area (Å²) in [4.78, 5) is 30.8. The maximum Gasteiger partial charge on any atom is 0.404 e. The molecular formula is C25H26ClN5O3. The Labute approximate surface area is 201 Å². The molecule has 0 bridgehead atoms. The van der Waals surface area contributed by atoms with Crippen LogP contribution in [-0.4, -0.2) is 55.3 Å². The van der Waals surface area contributed by atoms with Gasteiger partial charge in [0.1, 0.15) is 0 Å². The average molecular weight is 480 g/mol. The molecule has 0 radical (unpaired) electrons. The van der Waals surface area contributed by atoms with Crippen LogP contribution >= 0.6 is 11.6 Å². The number of piperidine rings is 1. The molecule has 1 fully saturated rings. The first-order chi connectivity index (χ1) is 16.4. The van der Waals surface area contributed by atoms with Crippen molar-refractivity contribution < 1.29 is 14.7 Å². The van der Waals surface area contributed by atoms with E-state index >= 15 is 0 Å². The number of nitrogens with one attached hydrogen (secondary N) is 1. The summed E-state index contributed by atoms with van der Waals surface area (Å²) < 4.78 is 4.25. The first kappa shape index (κ1) is 22.3. The van der Waals surface area contributed by atoms with E-state index < -0.39 is 6.09 Å². The predicted octanol–water partition coefficient (Wildman–Crippen LogP) is 4.74. The van der Waals surface area contributed by atoms with Crippen LogP contribution < -0.4 is 5.32 Å². The third-order valence-electron chi connectivity index (χ3n) is 6.57. The monoisotopic (exact) mass is 479 g/mol. The lowest BCUT2D eigenvalue weighted by atomic mass is 10.0. The highest BCUT2D eigenvalue weighted by Gasteiger charge is 2.26. The van der Waals surface area contributed by atoms with Crippen molar-refractivity contribution in [3.05, 3.63) is 53.1 Å². The highest BCUT2D eigenvalue weighted by molar-refractivity contribution is 6.31. The third kappa shape index (κ3) is 3.88. The summed E-state index contributed by atoms with van der Waals surface area (Å²) >= 11 is 6.21. The zero-order valence-corrected chi connectivity index (χ0v) is 19.8. The maximum atomic E-state index is 13.2. The largest absolute Gasteiger partial charge is 0.465 e. The molecule has 1 atom stereocenters. The first-order valence-corrected chi connectivity index (χ1v) is 11.8. The highest BCUT2D eigenvalue weighted by atomic mass is 35.5. The lowest BCUT2D eigenvalue weighted by Crippen LogP contribution is -2.49. The number of carboxylic acid groups (broad SMARTS) is 1. The molecule has 1 aliphatic rings. The number of nitrogens with zero attached hydrogens (tertiary/aromatic N) is 4. The third-order valence-corrected chi connectivity index (χ3v) is 6.81. The molecular weight excluding hydrogens is 454 g/mol. The van der Waals surface area contributed by atoms with Crippen LogP contribution in [-0.2, 0) is 13.6 Å². The van der Waals surface area contributed by atoms with Crippen LogP contribution in [0.15, 0.2) is 42.5 Å². The van der Waals surface area contributed by atoms with Crippen molar-refractivity contribution in [2.45, 2.75) is 32.4 Å². The molecule has 3 heterocycles. The van der Waals surface area contributed by atoms with Crippen molar-refractivity contribution in [1.29, 1.82) is 0 Å². The van der Waals surface area contributed by atoms with E-state index in [0.717, 1.165) is 52.8 Å². The van der Waals surface area contributed by atoms with Gasteiger partial charge in [0, 0.05) is 54.2 Å². The van der Waals surface area contributed by atoms with E-state index in [2.05, 4.69) is 22.9 Å². The Balaban J connectivity index is 1.50. The number of carbonyl (C=O) groups excluding carboxylic acids is 1. The topological polar surface area (TPSA) is 92.4 Å². The number of aryl methyl sites for hydroxylation is 2. The van der Waals surface area contributed by atoms with Gasteiger partial charge >= 0.3 is 6.09 Å². The fraction of sp³-hybridized carbons (Fsp3) is 0.320. The molecule has 2 aromatic heterocycles. The van der Waals surface area contributed by atoms with Crippen molar-refractivity contribution in [1.82, 2.24) is 24.3 Å². The van der Waals surface area contributed by atoms with Gasteiger partial charge in [0.25, 0.3) is 5.91 Å². The van der Waals surface area contributed by atoms with E-state index in [1.165, 1.54) is 0 Å². The number of likely N-dealkylation sites (tertiary alicyclic amines) is 1. The Morgan fingerprint density at radius 1 is 1.18 bits per heavy atom. The Bertz CT molecular complexity index is 1420. The zero-order chi connectivity index (χ0) is 24.0. The quantitative estimate of drug-likeness (QED) is 0.442. The van der Waals surface area contributed by atoms with E-state index in [1.54, 1.807) is 4.90 Å². The summed E-state index contributed by atoms with van der Waals surface area (Å²) in [6.45, 7) is 3.87. The Morgan fingerprint density at radius 3 is 2.74 bits per heavy atom. The number of aromatic nitrogens is 3. The number of fused-ring (bicyclic) bond motifs is 2. The number of imidazole rings is 1. The number of hydrogen-bond acceptors (Lipinski definition) is 3. The summed E-state index contributed by atoms with van der Waals surface area (Å²) in [6, 6.07) is 13.3. The molecule has 0 aliphatic carbocycles. The van der Waals surface area contributed by atoms with Gasteiger partial charge in [-0.05, 0) is 62.2 Å². The molecule has 1 aliphatic heterocycles. The van der Waals surface area contributed by atoms with E-state index in [0.29, 0.717) is 23.7 Å². The molecule has 9 heteroatoms. The van der Waals surface area contributed by atoms with Gasteiger partial charge in [-0.3, -0.25) is 4.79 Å². The smallest absolute Gasteiger partial charge is 0.404 e. The highest BCUT2D eigenvalue weighted by Crippen LogP contribution is 2.31. The molecule has 2 N–H and O–H groups in total. The Hall–Kier alpha value is -3.52.